The second-order valence-corrected chi connectivity index (χ2v) is 8.95. The molecule has 0 spiro atoms. The SMILES string of the molecule is CC1=Cc2c(C)c(C)cc(C)c2C1C.Cc1cc(C)c2[cH-]c(C)c(C)c2c1C.[Li+]. The van der Waals surface area contributed by atoms with Gasteiger partial charge in [-0.3, -0.25) is 0 Å². The van der Waals surface area contributed by atoms with E-state index in [9.17, 15) is 0 Å². The topological polar surface area (TPSA) is 0 Å². The Bertz CT molecular complexity index is 1110. The van der Waals surface area contributed by atoms with Crippen LogP contribution in [0.3, 0.4) is 0 Å². The van der Waals surface area contributed by atoms with E-state index in [-0.39, 0.29) is 18.9 Å². The summed E-state index contributed by atoms with van der Waals surface area (Å²) in [5.41, 5.74) is 16.0. The van der Waals surface area contributed by atoms with Crippen molar-refractivity contribution < 1.29 is 18.9 Å². The number of benzene rings is 2. The summed E-state index contributed by atoms with van der Waals surface area (Å²) < 4.78 is 0. The predicted octanol–water partition coefficient (Wildman–Crippen LogP) is 5.24. The molecule has 1 atom stereocenters. The summed E-state index contributed by atoms with van der Waals surface area (Å²) in [4.78, 5) is 0. The average molecular weight is 379 g/mol. The second-order valence-electron chi connectivity index (χ2n) is 8.95. The van der Waals surface area contributed by atoms with Gasteiger partial charge >= 0.3 is 18.9 Å². The molecule has 0 fully saturated rings. The van der Waals surface area contributed by atoms with Crippen molar-refractivity contribution in [2.75, 3.05) is 0 Å². The molecular weight excluding hydrogens is 343 g/mol. The molecule has 4 rings (SSSR count). The minimum Gasteiger partial charge on any atom is -0.153 e. The van der Waals surface area contributed by atoms with Crippen LogP contribution in [0, 0.1) is 55.4 Å². The molecule has 0 amide bonds. The van der Waals surface area contributed by atoms with Gasteiger partial charge in [-0.25, -0.2) is 0 Å². The van der Waals surface area contributed by atoms with E-state index >= 15 is 0 Å². The molecule has 3 aromatic carbocycles. The maximum absolute atomic E-state index is 2.36. The summed E-state index contributed by atoms with van der Waals surface area (Å²) >= 11 is 0. The first kappa shape index (κ1) is 23.7. The first-order chi connectivity index (χ1) is 13.0. The molecule has 0 N–H and O–H groups in total. The summed E-state index contributed by atoms with van der Waals surface area (Å²) in [6.45, 7) is 22.3. The third kappa shape index (κ3) is 4.03. The van der Waals surface area contributed by atoms with Crippen LogP contribution in [0.1, 0.15) is 75.4 Å². The van der Waals surface area contributed by atoms with Gasteiger partial charge in [-0.15, -0.1) is 28.0 Å². The number of hydrogen-bond donors (Lipinski definition) is 0. The van der Waals surface area contributed by atoms with Gasteiger partial charge in [-0.2, -0.15) is 5.56 Å². The Morgan fingerprint density at radius 3 is 1.86 bits per heavy atom. The minimum absolute atomic E-state index is 0. The van der Waals surface area contributed by atoms with Crippen molar-refractivity contribution in [1.82, 2.24) is 0 Å². The maximum Gasteiger partial charge on any atom is 1.00 e. The van der Waals surface area contributed by atoms with E-state index in [4.69, 9.17) is 0 Å². The molecule has 3 aromatic rings. The largest absolute Gasteiger partial charge is 1.00 e. The third-order valence-corrected chi connectivity index (χ3v) is 7.05. The van der Waals surface area contributed by atoms with Crippen LogP contribution in [0.4, 0.5) is 0 Å². The number of rotatable bonds is 0. The molecule has 29 heavy (non-hydrogen) atoms. The van der Waals surface area contributed by atoms with Crippen LogP contribution in [0.25, 0.3) is 16.8 Å². The van der Waals surface area contributed by atoms with E-state index in [0.29, 0.717) is 5.92 Å². The van der Waals surface area contributed by atoms with Gasteiger partial charge in [0, 0.05) is 5.92 Å². The molecule has 0 aromatic heterocycles. The molecule has 0 saturated heterocycles. The van der Waals surface area contributed by atoms with E-state index in [1.165, 1.54) is 66.4 Å². The van der Waals surface area contributed by atoms with Crippen LogP contribution in [-0.2, 0) is 0 Å². The molecule has 0 saturated carbocycles. The molecule has 1 unspecified atom stereocenters. The van der Waals surface area contributed by atoms with E-state index in [1.54, 1.807) is 5.56 Å². The first-order valence-corrected chi connectivity index (χ1v) is 10.5. The van der Waals surface area contributed by atoms with Crippen LogP contribution >= 0.6 is 0 Å². The molecule has 0 aliphatic heterocycles. The fourth-order valence-electron chi connectivity index (χ4n) is 4.78. The summed E-state index contributed by atoms with van der Waals surface area (Å²) in [5.74, 6) is 0.615. The van der Waals surface area contributed by atoms with Crippen molar-refractivity contribution in [3.05, 3.63) is 79.4 Å². The quantitative estimate of drug-likeness (QED) is 0.371. The Hall–Kier alpha value is -1.61. The molecule has 1 aliphatic rings. The minimum atomic E-state index is 0. The Kier molecular flexibility index (Phi) is 7.04. The Balaban J connectivity index is 0.000000200. The molecule has 0 radical (unpaired) electrons. The summed E-state index contributed by atoms with van der Waals surface area (Å²) in [5, 5.41) is 2.91. The van der Waals surface area contributed by atoms with Gasteiger partial charge in [-0.1, -0.05) is 62.6 Å². The number of fused-ring (bicyclic) bond motifs is 2. The zero-order valence-corrected chi connectivity index (χ0v) is 20.4. The fraction of sp³-hybridized carbons (Fsp3) is 0.393. The summed E-state index contributed by atoms with van der Waals surface area (Å²) in [6, 6.07) is 6.92. The normalized spacial score (nSPS) is 14.8. The first-order valence-electron chi connectivity index (χ1n) is 10.5. The van der Waals surface area contributed by atoms with Gasteiger partial charge in [0.15, 0.2) is 0 Å². The molecule has 0 bridgehead atoms. The molecule has 1 heteroatoms. The van der Waals surface area contributed by atoms with Gasteiger partial charge in [0.2, 0.25) is 0 Å². The predicted molar refractivity (Wildman–Crippen MR) is 126 cm³/mol. The average Bonchev–Trinajstić information content (AvgIpc) is 3.09. The van der Waals surface area contributed by atoms with E-state index < -0.39 is 0 Å². The van der Waals surface area contributed by atoms with Gasteiger partial charge in [0.25, 0.3) is 0 Å². The van der Waals surface area contributed by atoms with E-state index in [0.717, 1.165) is 0 Å². The molecule has 148 valence electrons. The smallest absolute Gasteiger partial charge is 0.153 e. The number of aryl methyl sites for hydroxylation is 7. The summed E-state index contributed by atoms with van der Waals surface area (Å²) in [6.07, 6.45) is 2.36. The van der Waals surface area contributed by atoms with Crippen LogP contribution in [0.15, 0.2) is 23.8 Å². The van der Waals surface area contributed by atoms with E-state index in [2.05, 4.69) is 93.5 Å². The number of hydrogen-bond acceptors (Lipinski definition) is 0. The maximum atomic E-state index is 2.36. The van der Waals surface area contributed by atoms with Crippen molar-refractivity contribution in [1.29, 1.82) is 0 Å². The zero-order chi connectivity index (χ0) is 20.9. The third-order valence-electron chi connectivity index (χ3n) is 7.05. The number of allylic oxidation sites excluding steroid dienone is 1. The van der Waals surface area contributed by atoms with Crippen LogP contribution < -0.4 is 18.9 Å². The Morgan fingerprint density at radius 1 is 0.690 bits per heavy atom. The molecule has 1 aliphatic carbocycles. The van der Waals surface area contributed by atoms with Crippen molar-refractivity contribution in [2.45, 2.75) is 75.2 Å². The van der Waals surface area contributed by atoms with Crippen LogP contribution in [-0.4, -0.2) is 0 Å². The summed E-state index contributed by atoms with van der Waals surface area (Å²) in [7, 11) is 0. The van der Waals surface area contributed by atoms with Crippen molar-refractivity contribution >= 4 is 16.8 Å². The second kappa shape index (κ2) is 8.63. The molecular formula is C28H35Li. The van der Waals surface area contributed by atoms with Gasteiger partial charge in [-0.05, 0) is 69.4 Å². The monoisotopic (exact) mass is 378 g/mol. The van der Waals surface area contributed by atoms with Crippen LogP contribution in [0.5, 0.6) is 0 Å². The zero-order valence-electron chi connectivity index (χ0n) is 20.4. The van der Waals surface area contributed by atoms with Crippen molar-refractivity contribution in [2.24, 2.45) is 0 Å². The van der Waals surface area contributed by atoms with Gasteiger partial charge in [0.1, 0.15) is 0 Å². The van der Waals surface area contributed by atoms with Gasteiger partial charge in [0.05, 0.1) is 0 Å². The molecule has 0 heterocycles. The van der Waals surface area contributed by atoms with Crippen molar-refractivity contribution in [3.63, 3.8) is 0 Å². The van der Waals surface area contributed by atoms with Gasteiger partial charge < -0.3 is 0 Å². The van der Waals surface area contributed by atoms with Crippen LogP contribution in [0.2, 0.25) is 0 Å². The van der Waals surface area contributed by atoms with Crippen molar-refractivity contribution in [3.8, 4) is 0 Å². The Labute approximate surface area is 190 Å². The fourth-order valence-corrected chi connectivity index (χ4v) is 4.78. The molecule has 0 nitrogen and oxygen atoms in total. The standard InChI is InChI=1S/C14H18.C14H17.Li/c1-8-6-10(3)14-12(5)9(2)7-13(14)11(8)4;1-8-6-10(3)13-7-9(2)12(5)14(13)11(8)4;/h6-7,12H,1-5H3;6-7H,1-5H3;/q;-1;+1. The van der Waals surface area contributed by atoms with E-state index in [1.807, 2.05) is 0 Å². The Morgan fingerprint density at radius 2 is 1.24 bits per heavy atom.